The lowest BCUT2D eigenvalue weighted by Gasteiger charge is -2.11. The van der Waals surface area contributed by atoms with Crippen LogP contribution in [0, 0.1) is 0 Å². The van der Waals surface area contributed by atoms with Crippen molar-refractivity contribution in [2.24, 2.45) is 0 Å². The highest BCUT2D eigenvalue weighted by Gasteiger charge is 2.09. The molecule has 4 aromatic rings. The molecule has 0 bridgehead atoms. The maximum absolute atomic E-state index is 4.58. The van der Waals surface area contributed by atoms with E-state index in [-0.39, 0.29) is 0 Å². The summed E-state index contributed by atoms with van der Waals surface area (Å²) in [5, 5.41) is 4.33. The molecular weight excluding hydrogens is 288 g/mol. The first-order chi connectivity index (χ1) is 11.4. The lowest BCUT2D eigenvalue weighted by Crippen LogP contribution is -1.97. The molecule has 0 amide bonds. The van der Waals surface area contributed by atoms with Gasteiger partial charge in [-0.25, -0.2) is 9.97 Å². The van der Waals surface area contributed by atoms with E-state index in [1.807, 2.05) is 30.3 Å². The van der Waals surface area contributed by atoms with Crippen molar-refractivity contribution >= 4 is 22.4 Å². The molecule has 0 aliphatic carbocycles. The smallest absolute Gasteiger partial charge is 0.161 e. The molecule has 4 heterocycles. The lowest BCUT2D eigenvalue weighted by atomic mass is 10.2. The van der Waals surface area contributed by atoms with Gasteiger partial charge in [0, 0.05) is 42.1 Å². The zero-order valence-electron chi connectivity index (χ0n) is 12.1. The van der Waals surface area contributed by atoms with E-state index < -0.39 is 0 Å². The van der Waals surface area contributed by atoms with Crippen molar-refractivity contribution in [2.75, 3.05) is 5.32 Å². The Morgan fingerprint density at radius 1 is 0.783 bits per heavy atom. The molecule has 23 heavy (non-hydrogen) atoms. The maximum atomic E-state index is 4.58. The van der Waals surface area contributed by atoms with E-state index in [2.05, 4.69) is 30.2 Å². The van der Waals surface area contributed by atoms with Crippen LogP contribution in [-0.4, -0.2) is 24.9 Å². The van der Waals surface area contributed by atoms with Gasteiger partial charge in [-0.2, -0.15) is 0 Å². The first-order valence-electron chi connectivity index (χ1n) is 7.09. The number of anilines is 2. The van der Waals surface area contributed by atoms with Crippen molar-refractivity contribution in [3.8, 4) is 11.4 Å². The average Bonchev–Trinajstić information content (AvgIpc) is 2.63. The first-order valence-corrected chi connectivity index (χ1v) is 7.09. The van der Waals surface area contributed by atoms with Crippen LogP contribution in [0.25, 0.3) is 22.4 Å². The Morgan fingerprint density at radius 2 is 1.70 bits per heavy atom. The van der Waals surface area contributed by atoms with Crippen molar-refractivity contribution in [1.29, 1.82) is 0 Å². The molecule has 0 radical (unpaired) electrons. The zero-order valence-corrected chi connectivity index (χ0v) is 12.1. The van der Waals surface area contributed by atoms with Crippen LogP contribution < -0.4 is 5.32 Å². The fourth-order valence-electron chi connectivity index (χ4n) is 2.31. The van der Waals surface area contributed by atoms with E-state index in [1.165, 1.54) is 0 Å². The number of pyridine rings is 3. The van der Waals surface area contributed by atoms with Crippen LogP contribution in [0.4, 0.5) is 11.4 Å². The van der Waals surface area contributed by atoms with Crippen LogP contribution in [0.2, 0.25) is 0 Å². The second-order valence-corrected chi connectivity index (χ2v) is 4.88. The second-order valence-electron chi connectivity index (χ2n) is 4.88. The summed E-state index contributed by atoms with van der Waals surface area (Å²) in [7, 11) is 0. The summed E-state index contributed by atoms with van der Waals surface area (Å²) in [6.07, 6.45) is 10.2. The summed E-state index contributed by atoms with van der Waals surface area (Å²) in [4.78, 5) is 21.4. The topological polar surface area (TPSA) is 76.5 Å². The summed E-state index contributed by atoms with van der Waals surface area (Å²) in [5.41, 5.74) is 3.95. The van der Waals surface area contributed by atoms with E-state index >= 15 is 0 Å². The average molecular weight is 300 g/mol. The fraction of sp³-hybridized carbons (Fsp3) is 0. The molecule has 4 aromatic heterocycles. The monoisotopic (exact) mass is 300 g/mol. The molecule has 0 saturated carbocycles. The molecule has 0 aliphatic rings. The molecule has 0 saturated heterocycles. The molecule has 6 heteroatoms. The number of hydrogen-bond donors (Lipinski definition) is 1. The molecule has 4 rings (SSSR count). The number of hydrogen-bond acceptors (Lipinski definition) is 6. The summed E-state index contributed by atoms with van der Waals surface area (Å²) in [6, 6.07) is 9.65. The van der Waals surface area contributed by atoms with Crippen LogP contribution in [-0.2, 0) is 0 Å². The molecule has 1 N–H and O–H groups in total. The SMILES string of the molecule is c1cnc2nc(-c3cnccn3)cc(Nc3ccncc3)c2c1. The molecule has 6 nitrogen and oxygen atoms in total. The number of fused-ring (bicyclic) bond motifs is 1. The molecule has 0 aliphatic heterocycles. The summed E-state index contributed by atoms with van der Waals surface area (Å²) in [5.74, 6) is 0. The molecular formula is C17H12N6. The van der Waals surface area contributed by atoms with Crippen LogP contribution >= 0.6 is 0 Å². The Balaban J connectivity index is 1.87. The standard InChI is InChI=1S/C17H12N6/c1-2-13-14(22-12-3-6-18-7-4-12)10-15(23-17(13)21-5-1)16-11-19-8-9-20-16/h1-11H,(H,18,21,22,23). The van der Waals surface area contributed by atoms with Crippen LogP contribution in [0.15, 0.2) is 67.5 Å². The third-order valence-corrected chi connectivity index (χ3v) is 3.37. The van der Waals surface area contributed by atoms with E-state index in [0.29, 0.717) is 11.3 Å². The third-order valence-electron chi connectivity index (χ3n) is 3.37. The molecule has 0 aromatic carbocycles. The molecule has 0 atom stereocenters. The third kappa shape index (κ3) is 2.69. The van der Waals surface area contributed by atoms with Gasteiger partial charge in [0.1, 0.15) is 5.69 Å². The quantitative estimate of drug-likeness (QED) is 0.626. The van der Waals surface area contributed by atoms with Crippen molar-refractivity contribution in [3.63, 3.8) is 0 Å². The van der Waals surface area contributed by atoms with Crippen molar-refractivity contribution in [1.82, 2.24) is 24.9 Å². The van der Waals surface area contributed by atoms with Gasteiger partial charge < -0.3 is 5.32 Å². The number of rotatable bonds is 3. The highest BCUT2D eigenvalue weighted by atomic mass is 14.9. The van der Waals surface area contributed by atoms with Gasteiger partial charge in [0.2, 0.25) is 0 Å². The van der Waals surface area contributed by atoms with Gasteiger partial charge in [0.05, 0.1) is 17.6 Å². The van der Waals surface area contributed by atoms with Crippen molar-refractivity contribution in [2.45, 2.75) is 0 Å². The number of nitrogens with zero attached hydrogens (tertiary/aromatic N) is 5. The normalized spacial score (nSPS) is 10.6. The first kappa shape index (κ1) is 13.3. The van der Waals surface area contributed by atoms with E-state index in [0.717, 1.165) is 22.5 Å². The fourth-order valence-corrected chi connectivity index (χ4v) is 2.31. The minimum atomic E-state index is 0.659. The van der Waals surface area contributed by atoms with Gasteiger partial charge in [0.25, 0.3) is 0 Å². The van der Waals surface area contributed by atoms with Gasteiger partial charge in [-0.1, -0.05) is 0 Å². The zero-order chi connectivity index (χ0) is 15.5. The molecule has 0 unspecified atom stereocenters. The minimum Gasteiger partial charge on any atom is -0.355 e. The second kappa shape index (κ2) is 5.76. The van der Waals surface area contributed by atoms with Crippen molar-refractivity contribution < 1.29 is 0 Å². The summed E-state index contributed by atoms with van der Waals surface area (Å²) < 4.78 is 0. The van der Waals surface area contributed by atoms with Gasteiger partial charge in [0.15, 0.2) is 5.65 Å². The molecule has 0 spiro atoms. The van der Waals surface area contributed by atoms with Crippen molar-refractivity contribution in [3.05, 3.63) is 67.5 Å². The van der Waals surface area contributed by atoms with Gasteiger partial charge in [-0.3, -0.25) is 15.0 Å². The van der Waals surface area contributed by atoms with E-state index in [1.54, 1.807) is 37.2 Å². The molecule has 0 fully saturated rings. The maximum Gasteiger partial charge on any atom is 0.161 e. The van der Waals surface area contributed by atoms with Crippen LogP contribution in [0.5, 0.6) is 0 Å². The Labute approximate surface area is 132 Å². The van der Waals surface area contributed by atoms with Crippen LogP contribution in [0.3, 0.4) is 0 Å². The van der Waals surface area contributed by atoms with Gasteiger partial charge in [-0.15, -0.1) is 0 Å². The molecule has 110 valence electrons. The Morgan fingerprint density at radius 3 is 2.52 bits per heavy atom. The number of aromatic nitrogens is 5. The minimum absolute atomic E-state index is 0.659. The van der Waals surface area contributed by atoms with E-state index in [9.17, 15) is 0 Å². The Bertz CT molecular complexity index is 941. The largest absolute Gasteiger partial charge is 0.355 e. The van der Waals surface area contributed by atoms with Gasteiger partial charge >= 0.3 is 0 Å². The predicted molar refractivity (Wildman–Crippen MR) is 88.1 cm³/mol. The van der Waals surface area contributed by atoms with E-state index in [4.69, 9.17) is 0 Å². The Hall–Kier alpha value is -3.41. The lowest BCUT2D eigenvalue weighted by molar-refractivity contribution is 1.18. The Kier molecular flexibility index (Phi) is 3.32. The van der Waals surface area contributed by atoms with Crippen LogP contribution in [0.1, 0.15) is 0 Å². The highest BCUT2D eigenvalue weighted by Crippen LogP contribution is 2.28. The predicted octanol–water partition coefficient (Wildman–Crippen LogP) is 3.23. The van der Waals surface area contributed by atoms with Gasteiger partial charge in [-0.05, 0) is 30.3 Å². The summed E-state index contributed by atoms with van der Waals surface area (Å²) in [6.45, 7) is 0. The number of nitrogens with one attached hydrogen (secondary N) is 1. The highest BCUT2D eigenvalue weighted by molar-refractivity contribution is 5.93. The summed E-state index contributed by atoms with van der Waals surface area (Å²) >= 11 is 0.